The summed E-state index contributed by atoms with van der Waals surface area (Å²) in [5.41, 5.74) is 7.38. The molecule has 4 heteroatoms. The molecule has 1 aliphatic carbocycles. The highest BCUT2D eigenvalue weighted by Gasteiger charge is 2.36. The zero-order valence-electron chi connectivity index (χ0n) is 10.1. The van der Waals surface area contributed by atoms with Gasteiger partial charge in [0.15, 0.2) is 0 Å². The van der Waals surface area contributed by atoms with E-state index in [1.165, 1.54) is 12.8 Å². The third kappa shape index (κ3) is 2.28. The van der Waals surface area contributed by atoms with Crippen molar-refractivity contribution >= 4 is 0 Å². The Morgan fingerprint density at radius 1 is 1.62 bits per heavy atom. The van der Waals surface area contributed by atoms with Crippen molar-refractivity contribution in [3.63, 3.8) is 0 Å². The van der Waals surface area contributed by atoms with E-state index in [0.29, 0.717) is 5.92 Å². The fourth-order valence-corrected chi connectivity index (χ4v) is 2.25. The number of methoxy groups -OCH3 is 1. The number of hydrogen-bond acceptors (Lipinski definition) is 3. The maximum atomic E-state index is 6.28. The highest BCUT2D eigenvalue weighted by molar-refractivity contribution is 5.10. The number of hydrogen-bond donors (Lipinski definition) is 1. The average molecular weight is 223 g/mol. The minimum atomic E-state index is -0.0495. The van der Waals surface area contributed by atoms with Crippen LogP contribution in [0.3, 0.4) is 0 Å². The van der Waals surface area contributed by atoms with Gasteiger partial charge < -0.3 is 10.5 Å². The molecule has 0 amide bonds. The highest BCUT2D eigenvalue weighted by Crippen LogP contribution is 2.38. The van der Waals surface area contributed by atoms with Crippen molar-refractivity contribution in [1.29, 1.82) is 0 Å². The largest absolute Gasteiger partial charge is 0.379 e. The molecular formula is C12H21N3O. The summed E-state index contributed by atoms with van der Waals surface area (Å²) < 4.78 is 7.53. The SMILES string of the molecule is CCCn1nccc1C(N)C(OC)C1CC1. The second-order valence-electron chi connectivity index (χ2n) is 4.54. The standard InChI is InChI=1S/C12H21N3O/c1-3-8-15-10(6-7-14-15)11(13)12(16-2)9-4-5-9/h6-7,9,11-12H,3-5,8,13H2,1-2H3. The number of nitrogens with two attached hydrogens (primary N) is 1. The van der Waals surface area contributed by atoms with Gasteiger partial charge in [-0.3, -0.25) is 4.68 Å². The Balaban J connectivity index is 2.11. The molecule has 2 atom stereocenters. The van der Waals surface area contributed by atoms with Gasteiger partial charge in [-0.15, -0.1) is 0 Å². The summed E-state index contributed by atoms with van der Waals surface area (Å²) in [6, 6.07) is 1.96. The fraction of sp³-hybridized carbons (Fsp3) is 0.750. The van der Waals surface area contributed by atoms with Crippen molar-refractivity contribution in [3.8, 4) is 0 Å². The molecule has 1 aromatic heterocycles. The van der Waals surface area contributed by atoms with Crippen LogP contribution in [0.15, 0.2) is 12.3 Å². The maximum Gasteiger partial charge on any atom is 0.0807 e. The summed E-state index contributed by atoms with van der Waals surface area (Å²) in [5.74, 6) is 0.643. The van der Waals surface area contributed by atoms with Crippen LogP contribution in [0, 0.1) is 5.92 Å². The minimum Gasteiger partial charge on any atom is -0.379 e. The van der Waals surface area contributed by atoms with E-state index < -0.39 is 0 Å². The van der Waals surface area contributed by atoms with E-state index in [0.717, 1.165) is 18.7 Å². The summed E-state index contributed by atoms with van der Waals surface area (Å²) in [7, 11) is 1.75. The third-order valence-corrected chi connectivity index (χ3v) is 3.24. The Kier molecular flexibility index (Phi) is 3.61. The first-order valence-electron chi connectivity index (χ1n) is 6.08. The number of rotatable bonds is 6. The molecule has 1 saturated carbocycles. The zero-order chi connectivity index (χ0) is 11.5. The molecule has 2 unspecified atom stereocenters. The zero-order valence-corrected chi connectivity index (χ0v) is 10.1. The fourth-order valence-electron chi connectivity index (χ4n) is 2.25. The van der Waals surface area contributed by atoms with E-state index >= 15 is 0 Å². The number of aryl methyl sites for hydroxylation is 1. The molecule has 0 spiro atoms. The third-order valence-electron chi connectivity index (χ3n) is 3.24. The van der Waals surface area contributed by atoms with Crippen LogP contribution in [0.5, 0.6) is 0 Å². The van der Waals surface area contributed by atoms with Crippen LogP contribution in [0.1, 0.15) is 37.9 Å². The van der Waals surface area contributed by atoms with Gasteiger partial charge in [0.05, 0.1) is 17.8 Å². The van der Waals surface area contributed by atoms with E-state index in [4.69, 9.17) is 10.5 Å². The van der Waals surface area contributed by atoms with E-state index in [1.807, 2.05) is 16.9 Å². The molecule has 2 N–H and O–H groups in total. The molecule has 0 bridgehead atoms. The van der Waals surface area contributed by atoms with Crippen LogP contribution < -0.4 is 5.73 Å². The maximum absolute atomic E-state index is 6.28. The van der Waals surface area contributed by atoms with Crippen molar-refractivity contribution in [2.75, 3.05) is 7.11 Å². The summed E-state index contributed by atoms with van der Waals surface area (Å²) in [6.07, 6.45) is 5.53. The van der Waals surface area contributed by atoms with Crippen LogP contribution in [0.25, 0.3) is 0 Å². The number of nitrogens with zero attached hydrogens (tertiary/aromatic N) is 2. The van der Waals surface area contributed by atoms with Crippen molar-refractivity contribution in [3.05, 3.63) is 18.0 Å². The van der Waals surface area contributed by atoms with Crippen molar-refractivity contribution in [1.82, 2.24) is 9.78 Å². The Morgan fingerprint density at radius 3 is 2.94 bits per heavy atom. The van der Waals surface area contributed by atoms with Gasteiger partial charge in [0, 0.05) is 19.9 Å². The summed E-state index contributed by atoms with van der Waals surface area (Å²) in [6.45, 7) is 3.07. The summed E-state index contributed by atoms with van der Waals surface area (Å²) in [4.78, 5) is 0. The Hall–Kier alpha value is -0.870. The summed E-state index contributed by atoms with van der Waals surface area (Å²) >= 11 is 0. The molecule has 90 valence electrons. The number of ether oxygens (including phenoxy) is 1. The lowest BCUT2D eigenvalue weighted by molar-refractivity contribution is 0.0599. The lowest BCUT2D eigenvalue weighted by atomic mass is 10.0. The number of aromatic nitrogens is 2. The van der Waals surface area contributed by atoms with Crippen molar-refractivity contribution in [2.45, 2.75) is 44.9 Å². The second kappa shape index (κ2) is 4.97. The predicted molar refractivity (Wildman–Crippen MR) is 63.0 cm³/mol. The van der Waals surface area contributed by atoms with Crippen molar-refractivity contribution < 1.29 is 4.74 Å². The molecule has 2 rings (SSSR count). The van der Waals surface area contributed by atoms with E-state index in [-0.39, 0.29) is 12.1 Å². The van der Waals surface area contributed by atoms with Crippen LogP contribution in [0.2, 0.25) is 0 Å². The molecule has 0 saturated heterocycles. The molecule has 0 aliphatic heterocycles. The lowest BCUT2D eigenvalue weighted by Crippen LogP contribution is -2.31. The first-order chi connectivity index (χ1) is 7.77. The Labute approximate surface area is 96.8 Å². The molecule has 4 nitrogen and oxygen atoms in total. The van der Waals surface area contributed by atoms with Crippen LogP contribution in [-0.4, -0.2) is 23.0 Å². The molecular weight excluding hydrogens is 202 g/mol. The molecule has 1 aromatic rings. The molecule has 0 radical (unpaired) electrons. The monoisotopic (exact) mass is 223 g/mol. The van der Waals surface area contributed by atoms with Gasteiger partial charge in [0.2, 0.25) is 0 Å². The van der Waals surface area contributed by atoms with Gasteiger partial charge in [-0.05, 0) is 31.2 Å². The van der Waals surface area contributed by atoms with E-state index in [1.54, 1.807) is 7.11 Å². The lowest BCUT2D eigenvalue weighted by Gasteiger charge is -2.23. The Bertz CT molecular complexity index is 333. The normalized spacial score (nSPS) is 19.7. The van der Waals surface area contributed by atoms with E-state index in [2.05, 4.69) is 12.0 Å². The highest BCUT2D eigenvalue weighted by atomic mass is 16.5. The molecule has 1 fully saturated rings. The minimum absolute atomic E-state index is 0.0495. The van der Waals surface area contributed by atoms with E-state index in [9.17, 15) is 0 Å². The van der Waals surface area contributed by atoms with Gasteiger partial charge in [0.1, 0.15) is 0 Å². The van der Waals surface area contributed by atoms with Crippen molar-refractivity contribution in [2.24, 2.45) is 11.7 Å². The summed E-state index contributed by atoms with van der Waals surface area (Å²) in [5, 5.41) is 4.30. The first-order valence-corrected chi connectivity index (χ1v) is 6.08. The average Bonchev–Trinajstić information content (AvgIpc) is 2.99. The van der Waals surface area contributed by atoms with Gasteiger partial charge in [-0.2, -0.15) is 5.10 Å². The molecule has 0 aromatic carbocycles. The topological polar surface area (TPSA) is 53.1 Å². The van der Waals surface area contributed by atoms with Crippen LogP contribution >= 0.6 is 0 Å². The quantitative estimate of drug-likeness (QED) is 0.799. The predicted octanol–water partition coefficient (Wildman–Crippen LogP) is 1.72. The van der Waals surface area contributed by atoms with Gasteiger partial charge >= 0.3 is 0 Å². The first kappa shape index (κ1) is 11.6. The smallest absolute Gasteiger partial charge is 0.0807 e. The van der Waals surface area contributed by atoms with Crippen LogP contribution in [0.4, 0.5) is 0 Å². The van der Waals surface area contributed by atoms with Crippen LogP contribution in [-0.2, 0) is 11.3 Å². The molecule has 1 aliphatic rings. The van der Waals surface area contributed by atoms with Gasteiger partial charge in [-0.1, -0.05) is 6.92 Å². The molecule has 1 heterocycles. The Morgan fingerprint density at radius 2 is 2.38 bits per heavy atom. The van der Waals surface area contributed by atoms with Gasteiger partial charge in [0.25, 0.3) is 0 Å². The molecule has 16 heavy (non-hydrogen) atoms. The second-order valence-corrected chi connectivity index (χ2v) is 4.54. The van der Waals surface area contributed by atoms with Gasteiger partial charge in [-0.25, -0.2) is 0 Å².